The highest BCUT2D eigenvalue weighted by atomic mass is 79.9. The van der Waals surface area contributed by atoms with Crippen molar-refractivity contribution in [2.75, 3.05) is 0 Å². The molecule has 1 aromatic heterocycles. The Morgan fingerprint density at radius 1 is 1.31 bits per heavy atom. The lowest BCUT2D eigenvalue weighted by molar-refractivity contribution is 0.627. The quantitative estimate of drug-likeness (QED) is 0.820. The number of aromatic nitrogens is 2. The summed E-state index contributed by atoms with van der Waals surface area (Å²) in [5.41, 5.74) is 2.87. The normalized spacial score (nSPS) is 10.8. The first-order chi connectivity index (χ1) is 7.63. The molecule has 2 nitrogen and oxygen atoms in total. The fraction of sp³-hybridized carbons (Fsp3) is 0.250. The van der Waals surface area contributed by atoms with Gasteiger partial charge in [0, 0.05) is 12.1 Å². The first-order valence-corrected chi connectivity index (χ1v) is 5.91. The molecule has 4 heteroatoms. The molecule has 0 radical (unpaired) electrons. The molecule has 0 bridgehead atoms. The first-order valence-electron chi connectivity index (χ1n) is 5.12. The lowest BCUT2D eigenvalue weighted by atomic mass is 10.1. The van der Waals surface area contributed by atoms with E-state index in [2.05, 4.69) is 21.0 Å². The highest BCUT2D eigenvalue weighted by Gasteiger charge is 2.12. The van der Waals surface area contributed by atoms with Crippen LogP contribution in [0.5, 0.6) is 0 Å². The average Bonchev–Trinajstić information content (AvgIpc) is 2.57. The minimum atomic E-state index is -0.230. The van der Waals surface area contributed by atoms with Crippen LogP contribution in [-0.4, -0.2) is 9.78 Å². The molecular weight excluding hydrogens is 271 g/mol. The number of rotatable bonds is 2. The molecule has 0 saturated heterocycles. The molecule has 0 unspecified atom stereocenters. The summed E-state index contributed by atoms with van der Waals surface area (Å²) in [7, 11) is 0. The van der Waals surface area contributed by atoms with Gasteiger partial charge in [-0.3, -0.25) is 4.68 Å². The average molecular weight is 283 g/mol. The van der Waals surface area contributed by atoms with Gasteiger partial charge in [0.1, 0.15) is 11.5 Å². The van der Waals surface area contributed by atoms with E-state index >= 15 is 0 Å². The molecule has 1 heterocycles. The van der Waals surface area contributed by atoms with Crippen LogP contribution in [0.4, 0.5) is 4.39 Å². The van der Waals surface area contributed by atoms with Crippen LogP contribution in [0.1, 0.15) is 12.6 Å². The summed E-state index contributed by atoms with van der Waals surface area (Å²) < 4.78 is 15.7. The number of nitrogens with zero attached hydrogens (tertiary/aromatic N) is 2. The Morgan fingerprint density at radius 3 is 2.44 bits per heavy atom. The van der Waals surface area contributed by atoms with Crippen molar-refractivity contribution in [1.82, 2.24) is 9.78 Å². The monoisotopic (exact) mass is 282 g/mol. The van der Waals surface area contributed by atoms with E-state index in [4.69, 9.17) is 0 Å². The lowest BCUT2D eigenvalue weighted by Crippen LogP contribution is -1.98. The van der Waals surface area contributed by atoms with E-state index in [0.717, 1.165) is 28.0 Å². The number of halogens is 2. The van der Waals surface area contributed by atoms with Crippen LogP contribution in [0.2, 0.25) is 0 Å². The molecule has 0 spiro atoms. The lowest BCUT2D eigenvalue weighted by Gasteiger charge is -1.97. The summed E-state index contributed by atoms with van der Waals surface area (Å²) >= 11 is 3.52. The zero-order valence-electron chi connectivity index (χ0n) is 9.17. The smallest absolute Gasteiger partial charge is 0.123 e. The van der Waals surface area contributed by atoms with Gasteiger partial charge in [0.15, 0.2) is 0 Å². The molecule has 16 heavy (non-hydrogen) atoms. The van der Waals surface area contributed by atoms with Crippen molar-refractivity contribution in [1.29, 1.82) is 0 Å². The predicted molar refractivity (Wildman–Crippen MR) is 65.7 cm³/mol. The van der Waals surface area contributed by atoms with Gasteiger partial charge >= 0.3 is 0 Å². The second-order valence-corrected chi connectivity index (χ2v) is 4.36. The van der Waals surface area contributed by atoms with E-state index in [1.165, 1.54) is 12.1 Å². The summed E-state index contributed by atoms with van der Waals surface area (Å²) in [5, 5.41) is 4.48. The second kappa shape index (κ2) is 4.37. The molecule has 0 aliphatic rings. The van der Waals surface area contributed by atoms with Gasteiger partial charge in [-0.15, -0.1) is 0 Å². The Bertz CT molecular complexity index is 502. The van der Waals surface area contributed by atoms with Crippen molar-refractivity contribution < 1.29 is 4.39 Å². The van der Waals surface area contributed by atoms with Gasteiger partial charge in [0.05, 0.1) is 10.2 Å². The van der Waals surface area contributed by atoms with Crippen molar-refractivity contribution in [3.8, 4) is 11.3 Å². The molecule has 0 aliphatic carbocycles. The van der Waals surface area contributed by atoms with Crippen molar-refractivity contribution >= 4 is 15.9 Å². The molecule has 0 atom stereocenters. The third-order valence-corrected chi connectivity index (χ3v) is 3.50. The Labute approximate surface area is 102 Å². The van der Waals surface area contributed by atoms with E-state index in [1.807, 2.05) is 18.5 Å². The van der Waals surface area contributed by atoms with Crippen LogP contribution < -0.4 is 0 Å². The minimum absolute atomic E-state index is 0.230. The van der Waals surface area contributed by atoms with E-state index in [9.17, 15) is 4.39 Å². The Hall–Kier alpha value is -1.16. The highest BCUT2D eigenvalue weighted by Crippen LogP contribution is 2.29. The van der Waals surface area contributed by atoms with Crippen LogP contribution in [0.3, 0.4) is 0 Å². The molecule has 2 rings (SSSR count). The van der Waals surface area contributed by atoms with Crippen LogP contribution in [0.25, 0.3) is 11.3 Å². The number of hydrogen-bond donors (Lipinski definition) is 0. The third-order valence-electron chi connectivity index (χ3n) is 2.55. The molecule has 0 saturated carbocycles. The predicted octanol–water partition coefficient (Wildman–Crippen LogP) is 3.78. The molecule has 0 aliphatic heterocycles. The maximum Gasteiger partial charge on any atom is 0.123 e. The molecule has 1 aromatic carbocycles. The molecular formula is C12H12BrFN2. The van der Waals surface area contributed by atoms with Gasteiger partial charge in [-0.1, -0.05) is 0 Å². The number of aryl methyl sites for hydroxylation is 1. The molecule has 0 amide bonds. The Balaban J connectivity index is 2.52. The fourth-order valence-corrected chi connectivity index (χ4v) is 2.14. The SMILES string of the molecule is CCn1nc(-c2ccc(F)cc2)c(Br)c1C. The van der Waals surface area contributed by atoms with E-state index in [-0.39, 0.29) is 5.82 Å². The zero-order valence-corrected chi connectivity index (χ0v) is 10.8. The fourth-order valence-electron chi connectivity index (χ4n) is 1.62. The molecule has 0 fully saturated rings. The Kier molecular flexibility index (Phi) is 3.10. The van der Waals surface area contributed by atoms with Gasteiger partial charge in [0.2, 0.25) is 0 Å². The van der Waals surface area contributed by atoms with E-state index in [1.54, 1.807) is 12.1 Å². The topological polar surface area (TPSA) is 17.8 Å². The Morgan fingerprint density at radius 2 is 1.94 bits per heavy atom. The third kappa shape index (κ3) is 1.89. The summed E-state index contributed by atoms with van der Waals surface area (Å²) in [6.45, 7) is 4.88. The van der Waals surface area contributed by atoms with Gasteiger partial charge in [-0.05, 0) is 54.0 Å². The first kappa shape index (κ1) is 11.3. The largest absolute Gasteiger partial charge is 0.268 e. The van der Waals surface area contributed by atoms with Gasteiger partial charge < -0.3 is 0 Å². The van der Waals surface area contributed by atoms with Crippen molar-refractivity contribution in [3.05, 3.63) is 40.2 Å². The maximum absolute atomic E-state index is 12.8. The number of benzene rings is 1. The van der Waals surface area contributed by atoms with Gasteiger partial charge in [0.25, 0.3) is 0 Å². The minimum Gasteiger partial charge on any atom is -0.268 e. The molecule has 0 N–H and O–H groups in total. The number of hydrogen-bond acceptors (Lipinski definition) is 1. The molecule has 2 aromatic rings. The zero-order chi connectivity index (χ0) is 11.7. The van der Waals surface area contributed by atoms with Crippen molar-refractivity contribution in [3.63, 3.8) is 0 Å². The van der Waals surface area contributed by atoms with Gasteiger partial charge in [-0.2, -0.15) is 5.10 Å². The molecule has 84 valence electrons. The summed E-state index contributed by atoms with van der Waals surface area (Å²) in [6.07, 6.45) is 0. The summed E-state index contributed by atoms with van der Waals surface area (Å²) in [5.74, 6) is -0.230. The summed E-state index contributed by atoms with van der Waals surface area (Å²) in [4.78, 5) is 0. The maximum atomic E-state index is 12.8. The van der Waals surface area contributed by atoms with Crippen LogP contribution in [0, 0.1) is 12.7 Å². The van der Waals surface area contributed by atoms with Gasteiger partial charge in [-0.25, -0.2) is 4.39 Å². The second-order valence-electron chi connectivity index (χ2n) is 3.57. The standard InChI is InChI=1S/C12H12BrFN2/c1-3-16-8(2)11(13)12(15-16)9-4-6-10(14)7-5-9/h4-7H,3H2,1-2H3. The van der Waals surface area contributed by atoms with Crippen LogP contribution in [-0.2, 0) is 6.54 Å². The van der Waals surface area contributed by atoms with Crippen molar-refractivity contribution in [2.24, 2.45) is 0 Å². The van der Waals surface area contributed by atoms with Crippen molar-refractivity contribution in [2.45, 2.75) is 20.4 Å². The van der Waals surface area contributed by atoms with E-state index in [0.29, 0.717) is 0 Å². The van der Waals surface area contributed by atoms with Crippen LogP contribution in [0.15, 0.2) is 28.7 Å². The van der Waals surface area contributed by atoms with Crippen LogP contribution >= 0.6 is 15.9 Å². The highest BCUT2D eigenvalue weighted by molar-refractivity contribution is 9.10. The summed E-state index contributed by atoms with van der Waals surface area (Å²) in [6, 6.07) is 6.37. The van der Waals surface area contributed by atoms with E-state index < -0.39 is 0 Å².